The number of H-pyrrole nitrogens is 1. The van der Waals surface area contributed by atoms with E-state index in [1.165, 1.54) is 42.8 Å². The Morgan fingerprint density at radius 3 is 2.71 bits per heavy atom. The van der Waals surface area contributed by atoms with E-state index in [9.17, 15) is 18.0 Å². The van der Waals surface area contributed by atoms with Gasteiger partial charge in [0.05, 0.1) is 36.3 Å². The Morgan fingerprint density at radius 1 is 1.18 bits per heavy atom. The number of rotatable bonds is 8. The SMILES string of the molecule is COC(=O)c1cccc(S(=O)(=O)N(Cc2cc3ccc(OC)cc3[nH]c2=O)CC2CCCO2)c1. The fourth-order valence-corrected chi connectivity index (χ4v) is 5.47. The van der Waals surface area contributed by atoms with Crippen molar-refractivity contribution in [2.24, 2.45) is 0 Å². The number of aromatic nitrogens is 1. The molecule has 180 valence electrons. The topological polar surface area (TPSA) is 115 Å². The standard InChI is InChI=1S/C24H26N2O7S/c1-31-19-9-8-16-11-18(23(27)25-22(16)13-19)14-26(15-20-6-4-10-33-20)34(29,30)21-7-3-5-17(12-21)24(28)32-2/h3,5,7-9,11-13,20H,4,6,10,14-15H2,1-2H3,(H,25,27). The number of nitrogens with zero attached hydrogens (tertiary/aromatic N) is 1. The third kappa shape index (κ3) is 4.98. The van der Waals surface area contributed by atoms with E-state index in [-0.39, 0.29) is 29.7 Å². The minimum Gasteiger partial charge on any atom is -0.497 e. The highest BCUT2D eigenvalue weighted by atomic mass is 32.2. The summed E-state index contributed by atoms with van der Waals surface area (Å²) >= 11 is 0. The molecule has 1 aliphatic heterocycles. The third-order valence-electron chi connectivity index (χ3n) is 5.80. The maximum absolute atomic E-state index is 13.6. The van der Waals surface area contributed by atoms with E-state index >= 15 is 0 Å². The molecule has 9 nitrogen and oxygen atoms in total. The maximum Gasteiger partial charge on any atom is 0.337 e. The molecule has 1 atom stereocenters. The van der Waals surface area contributed by atoms with Crippen molar-refractivity contribution in [2.45, 2.75) is 30.4 Å². The van der Waals surface area contributed by atoms with E-state index in [1.807, 2.05) is 0 Å². The fraction of sp³-hybridized carbons (Fsp3) is 0.333. The Labute approximate surface area is 197 Å². The Kier molecular flexibility index (Phi) is 7.01. The van der Waals surface area contributed by atoms with Crippen molar-refractivity contribution in [2.75, 3.05) is 27.4 Å². The molecule has 0 bridgehead atoms. The molecule has 1 aliphatic rings. The van der Waals surface area contributed by atoms with Gasteiger partial charge in [-0.15, -0.1) is 0 Å². The lowest BCUT2D eigenvalue weighted by atomic mass is 10.1. The van der Waals surface area contributed by atoms with Gasteiger partial charge in [-0.25, -0.2) is 13.2 Å². The maximum atomic E-state index is 13.6. The number of pyridine rings is 1. The van der Waals surface area contributed by atoms with Gasteiger partial charge in [0.25, 0.3) is 5.56 Å². The first-order valence-electron chi connectivity index (χ1n) is 10.8. The van der Waals surface area contributed by atoms with Crippen molar-refractivity contribution in [3.05, 3.63) is 70.0 Å². The quantitative estimate of drug-likeness (QED) is 0.487. The Bertz CT molecular complexity index is 1360. The number of aromatic amines is 1. The molecule has 34 heavy (non-hydrogen) atoms. The van der Waals surface area contributed by atoms with Gasteiger partial charge >= 0.3 is 5.97 Å². The van der Waals surface area contributed by atoms with Crippen molar-refractivity contribution in [1.82, 2.24) is 9.29 Å². The lowest BCUT2D eigenvalue weighted by Crippen LogP contribution is -2.38. The fourth-order valence-electron chi connectivity index (χ4n) is 3.97. The summed E-state index contributed by atoms with van der Waals surface area (Å²) in [5, 5.41) is 0.748. The molecule has 4 rings (SSSR count). The second-order valence-electron chi connectivity index (χ2n) is 8.03. The van der Waals surface area contributed by atoms with Gasteiger partial charge in [-0.05, 0) is 54.6 Å². The molecule has 0 amide bonds. The Morgan fingerprint density at radius 2 is 2.00 bits per heavy atom. The van der Waals surface area contributed by atoms with Crippen LogP contribution in [0.1, 0.15) is 28.8 Å². The summed E-state index contributed by atoms with van der Waals surface area (Å²) in [5.41, 5.74) is 0.616. The molecule has 2 aromatic carbocycles. The van der Waals surface area contributed by atoms with Crippen molar-refractivity contribution in [1.29, 1.82) is 0 Å². The zero-order valence-electron chi connectivity index (χ0n) is 18.9. The molecule has 10 heteroatoms. The number of benzene rings is 2. The number of nitrogens with one attached hydrogen (secondary N) is 1. The predicted octanol–water partition coefficient (Wildman–Crippen LogP) is 2.69. The molecule has 0 aliphatic carbocycles. The van der Waals surface area contributed by atoms with E-state index in [0.29, 0.717) is 23.4 Å². The Hall–Kier alpha value is -3.21. The van der Waals surface area contributed by atoms with Gasteiger partial charge in [-0.1, -0.05) is 6.07 Å². The van der Waals surface area contributed by atoms with Crippen LogP contribution in [0, 0.1) is 0 Å². The smallest absolute Gasteiger partial charge is 0.337 e. The average Bonchev–Trinajstić information content (AvgIpc) is 3.36. The van der Waals surface area contributed by atoms with E-state index < -0.39 is 21.6 Å². The molecule has 0 spiro atoms. The van der Waals surface area contributed by atoms with Gasteiger partial charge in [0.2, 0.25) is 10.0 Å². The summed E-state index contributed by atoms with van der Waals surface area (Å²) in [4.78, 5) is 27.5. The second kappa shape index (κ2) is 9.96. The molecule has 1 unspecified atom stereocenters. The molecule has 1 aromatic heterocycles. The van der Waals surface area contributed by atoms with Crippen LogP contribution in [0.15, 0.2) is 58.2 Å². The van der Waals surface area contributed by atoms with Gasteiger partial charge in [-0.3, -0.25) is 4.79 Å². The summed E-state index contributed by atoms with van der Waals surface area (Å²) in [6.45, 7) is 0.502. The molecule has 0 radical (unpaired) electrons. The van der Waals surface area contributed by atoms with Crippen LogP contribution in [-0.2, 0) is 26.0 Å². The largest absolute Gasteiger partial charge is 0.497 e. The molecule has 3 aromatic rings. The number of methoxy groups -OCH3 is 2. The summed E-state index contributed by atoms with van der Waals surface area (Å²) in [7, 11) is -1.29. The number of carbonyl (C=O) groups is 1. The number of hydrogen-bond acceptors (Lipinski definition) is 7. The number of esters is 1. The van der Waals surface area contributed by atoms with Crippen LogP contribution in [-0.4, -0.2) is 57.2 Å². The first kappa shape index (κ1) is 23.9. The summed E-state index contributed by atoms with van der Waals surface area (Å²) in [5.74, 6) is -0.0342. The average molecular weight is 487 g/mol. The highest BCUT2D eigenvalue weighted by Gasteiger charge is 2.30. The van der Waals surface area contributed by atoms with Crippen molar-refractivity contribution in [3.63, 3.8) is 0 Å². The number of fused-ring (bicyclic) bond motifs is 1. The van der Waals surface area contributed by atoms with Gasteiger partial charge in [-0.2, -0.15) is 4.31 Å². The lowest BCUT2D eigenvalue weighted by molar-refractivity contribution is 0.0600. The summed E-state index contributed by atoms with van der Waals surface area (Å²) in [6.07, 6.45) is 1.29. The van der Waals surface area contributed by atoms with E-state index in [0.717, 1.165) is 18.2 Å². The van der Waals surface area contributed by atoms with Crippen LogP contribution in [0.3, 0.4) is 0 Å². The highest BCUT2D eigenvalue weighted by molar-refractivity contribution is 7.89. The number of ether oxygens (including phenoxy) is 3. The number of hydrogen-bond donors (Lipinski definition) is 1. The van der Waals surface area contributed by atoms with Crippen LogP contribution < -0.4 is 10.3 Å². The summed E-state index contributed by atoms with van der Waals surface area (Å²) in [6, 6.07) is 12.6. The van der Waals surface area contributed by atoms with Crippen LogP contribution in [0.25, 0.3) is 10.9 Å². The number of sulfonamides is 1. The van der Waals surface area contributed by atoms with E-state index in [2.05, 4.69) is 4.98 Å². The third-order valence-corrected chi connectivity index (χ3v) is 7.61. The van der Waals surface area contributed by atoms with Crippen LogP contribution in [0.2, 0.25) is 0 Å². The second-order valence-corrected chi connectivity index (χ2v) is 9.97. The number of carbonyl (C=O) groups excluding carboxylic acids is 1. The zero-order chi connectivity index (χ0) is 24.3. The monoisotopic (exact) mass is 486 g/mol. The van der Waals surface area contributed by atoms with Crippen molar-refractivity contribution in [3.8, 4) is 5.75 Å². The molecule has 1 saturated heterocycles. The minimum absolute atomic E-state index is 0.0599. The molecular weight excluding hydrogens is 460 g/mol. The first-order chi connectivity index (χ1) is 16.3. The van der Waals surface area contributed by atoms with Crippen LogP contribution >= 0.6 is 0 Å². The van der Waals surface area contributed by atoms with Gasteiger partial charge < -0.3 is 19.2 Å². The lowest BCUT2D eigenvalue weighted by Gasteiger charge is -2.25. The Balaban J connectivity index is 1.72. The van der Waals surface area contributed by atoms with Crippen molar-refractivity contribution >= 4 is 26.9 Å². The normalized spacial score (nSPS) is 16.1. The van der Waals surface area contributed by atoms with Gasteiger partial charge in [0.15, 0.2) is 0 Å². The predicted molar refractivity (Wildman–Crippen MR) is 125 cm³/mol. The van der Waals surface area contributed by atoms with Crippen molar-refractivity contribution < 1.29 is 27.4 Å². The van der Waals surface area contributed by atoms with Gasteiger partial charge in [0.1, 0.15) is 5.75 Å². The van der Waals surface area contributed by atoms with Crippen LogP contribution in [0.4, 0.5) is 0 Å². The highest BCUT2D eigenvalue weighted by Crippen LogP contribution is 2.24. The van der Waals surface area contributed by atoms with E-state index in [1.54, 1.807) is 24.3 Å². The molecular formula is C24H26N2O7S. The molecule has 1 N–H and O–H groups in total. The molecule has 2 heterocycles. The van der Waals surface area contributed by atoms with Gasteiger partial charge in [0, 0.05) is 31.3 Å². The van der Waals surface area contributed by atoms with Crippen LogP contribution in [0.5, 0.6) is 5.75 Å². The van der Waals surface area contributed by atoms with E-state index in [4.69, 9.17) is 14.2 Å². The minimum atomic E-state index is -4.06. The first-order valence-corrected chi connectivity index (χ1v) is 12.3. The summed E-state index contributed by atoms with van der Waals surface area (Å²) < 4.78 is 44.1. The molecule has 1 fully saturated rings. The zero-order valence-corrected chi connectivity index (χ0v) is 19.8. The molecule has 0 saturated carbocycles.